The second-order valence-electron chi connectivity index (χ2n) is 5.95. The van der Waals surface area contributed by atoms with Gasteiger partial charge in [-0.2, -0.15) is 0 Å². The number of rotatable bonds is 1. The predicted octanol–water partition coefficient (Wildman–Crippen LogP) is 0.847. The monoisotopic (exact) mass is 314 g/mol. The summed E-state index contributed by atoms with van der Waals surface area (Å²) in [4.78, 5) is 0. The summed E-state index contributed by atoms with van der Waals surface area (Å²) in [6.07, 6.45) is 0.0494. The van der Waals surface area contributed by atoms with Crippen molar-refractivity contribution in [1.29, 1.82) is 0 Å². The van der Waals surface area contributed by atoms with E-state index in [9.17, 15) is 17.9 Å². The van der Waals surface area contributed by atoms with Gasteiger partial charge in [-0.25, -0.2) is 12.8 Å². The minimum Gasteiger partial charge on any atom is -0.389 e. The van der Waals surface area contributed by atoms with Crippen LogP contribution in [-0.2, 0) is 10.0 Å². The number of anilines is 1. The molecule has 0 aromatic heterocycles. The first-order valence-corrected chi connectivity index (χ1v) is 8.66. The van der Waals surface area contributed by atoms with Crippen LogP contribution in [0.1, 0.15) is 19.8 Å². The van der Waals surface area contributed by atoms with Crippen LogP contribution in [0.15, 0.2) is 24.3 Å². The molecule has 1 aromatic carbocycles. The Kier molecular flexibility index (Phi) is 3.46. The van der Waals surface area contributed by atoms with Crippen LogP contribution < -0.4 is 9.62 Å². The third-order valence-electron chi connectivity index (χ3n) is 4.42. The first-order valence-electron chi connectivity index (χ1n) is 7.05. The van der Waals surface area contributed by atoms with Gasteiger partial charge in [0.05, 0.1) is 23.1 Å². The number of benzene rings is 1. The highest BCUT2D eigenvalue weighted by atomic mass is 32.2. The molecule has 2 heterocycles. The molecule has 3 atom stereocenters. The number of piperidine rings is 1. The number of nitrogens with one attached hydrogen (secondary N) is 1. The standard InChI is InChI=1S/C14H19FN2O3S/c1-10-8-14(5-6-16-10)13(18)9-21(19,20)17(14)12-4-2-3-11(15)7-12/h2-4,7,10,13,16,18H,5-6,8-9H2,1H3. The first-order chi connectivity index (χ1) is 9.85. The average Bonchev–Trinajstić information content (AvgIpc) is 2.55. The van der Waals surface area contributed by atoms with Gasteiger partial charge in [-0.3, -0.25) is 4.31 Å². The number of halogens is 1. The predicted molar refractivity (Wildman–Crippen MR) is 78.1 cm³/mol. The van der Waals surface area contributed by atoms with Crippen LogP contribution in [-0.4, -0.2) is 43.5 Å². The highest BCUT2D eigenvalue weighted by Crippen LogP contribution is 2.43. The lowest BCUT2D eigenvalue weighted by Crippen LogP contribution is -2.59. The topological polar surface area (TPSA) is 69.6 Å². The molecule has 2 N–H and O–H groups in total. The van der Waals surface area contributed by atoms with Crippen LogP contribution >= 0.6 is 0 Å². The first kappa shape index (κ1) is 14.7. The maximum atomic E-state index is 13.5. The van der Waals surface area contributed by atoms with Crippen LogP contribution in [0.25, 0.3) is 0 Å². The SMILES string of the molecule is CC1CC2(CCN1)C(O)CS(=O)(=O)N2c1cccc(F)c1. The zero-order chi connectivity index (χ0) is 15.3. The minimum absolute atomic E-state index is 0.0951. The summed E-state index contributed by atoms with van der Waals surface area (Å²) in [6, 6.07) is 5.65. The summed E-state index contributed by atoms with van der Waals surface area (Å²) in [7, 11) is -3.65. The Morgan fingerprint density at radius 3 is 2.90 bits per heavy atom. The maximum absolute atomic E-state index is 13.5. The van der Waals surface area contributed by atoms with Crippen LogP contribution in [0, 0.1) is 5.82 Å². The normalized spacial score (nSPS) is 35.3. The quantitative estimate of drug-likeness (QED) is 0.806. The summed E-state index contributed by atoms with van der Waals surface area (Å²) in [5.74, 6) is -0.794. The number of aliphatic hydroxyl groups is 1. The van der Waals surface area contributed by atoms with Gasteiger partial charge in [-0.05, 0) is 44.5 Å². The summed E-state index contributed by atoms with van der Waals surface area (Å²) in [6.45, 7) is 2.59. The van der Waals surface area contributed by atoms with E-state index >= 15 is 0 Å². The number of sulfonamides is 1. The Bertz CT molecular complexity index is 651. The van der Waals surface area contributed by atoms with Gasteiger partial charge in [-0.15, -0.1) is 0 Å². The summed E-state index contributed by atoms with van der Waals surface area (Å²) in [5.41, 5.74) is -0.585. The van der Waals surface area contributed by atoms with Gasteiger partial charge in [0.15, 0.2) is 0 Å². The third kappa shape index (κ3) is 2.33. The lowest BCUT2D eigenvalue weighted by atomic mass is 9.80. The number of aliphatic hydroxyl groups excluding tert-OH is 1. The second kappa shape index (κ2) is 4.93. The fourth-order valence-electron chi connectivity index (χ4n) is 3.59. The Hall–Kier alpha value is -1.18. The average molecular weight is 314 g/mol. The van der Waals surface area contributed by atoms with Crippen LogP contribution in [0.5, 0.6) is 0 Å². The van der Waals surface area contributed by atoms with E-state index in [0.29, 0.717) is 25.1 Å². The molecule has 1 aromatic rings. The Morgan fingerprint density at radius 1 is 1.48 bits per heavy atom. The van der Waals surface area contributed by atoms with E-state index < -0.39 is 27.5 Å². The van der Waals surface area contributed by atoms with E-state index in [1.165, 1.54) is 22.5 Å². The van der Waals surface area contributed by atoms with Gasteiger partial charge >= 0.3 is 0 Å². The van der Waals surface area contributed by atoms with E-state index in [-0.39, 0.29) is 11.8 Å². The molecule has 7 heteroatoms. The number of nitrogens with zero attached hydrogens (tertiary/aromatic N) is 1. The third-order valence-corrected chi connectivity index (χ3v) is 6.29. The van der Waals surface area contributed by atoms with E-state index in [1.54, 1.807) is 6.07 Å². The smallest absolute Gasteiger partial charge is 0.238 e. The van der Waals surface area contributed by atoms with E-state index in [1.807, 2.05) is 6.92 Å². The molecule has 2 aliphatic heterocycles. The Labute approximate surface area is 123 Å². The fraction of sp³-hybridized carbons (Fsp3) is 0.571. The molecule has 2 aliphatic rings. The largest absolute Gasteiger partial charge is 0.389 e. The van der Waals surface area contributed by atoms with Crippen molar-refractivity contribution in [3.05, 3.63) is 30.1 Å². The number of hydrogen-bond acceptors (Lipinski definition) is 4. The van der Waals surface area contributed by atoms with Gasteiger partial charge in [-0.1, -0.05) is 6.07 Å². The molecule has 3 unspecified atom stereocenters. The van der Waals surface area contributed by atoms with Crippen molar-refractivity contribution >= 4 is 15.7 Å². The van der Waals surface area contributed by atoms with Gasteiger partial charge in [0, 0.05) is 6.04 Å². The van der Waals surface area contributed by atoms with E-state index in [4.69, 9.17) is 0 Å². The van der Waals surface area contributed by atoms with Gasteiger partial charge in [0.25, 0.3) is 0 Å². The molecule has 21 heavy (non-hydrogen) atoms. The molecule has 0 bridgehead atoms. The number of hydrogen-bond donors (Lipinski definition) is 2. The molecule has 0 radical (unpaired) electrons. The van der Waals surface area contributed by atoms with Gasteiger partial charge in [0.2, 0.25) is 10.0 Å². The van der Waals surface area contributed by atoms with Crippen molar-refractivity contribution in [2.24, 2.45) is 0 Å². The van der Waals surface area contributed by atoms with Crippen molar-refractivity contribution in [2.45, 2.75) is 37.5 Å². The molecule has 5 nitrogen and oxygen atoms in total. The summed E-state index contributed by atoms with van der Waals surface area (Å²) < 4.78 is 39.7. The molecule has 0 aliphatic carbocycles. The highest BCUT2D eigenvalue weighted by Gasteiger charge is 2.57. The van der Waals surface area contributed by atoms with Gasteiger partial charge in [0.1, 0.15) is 5.82 Å². The van der Waals surface area contributed by atoms with Crippen LogP contribution in [0.2, 0.25) is 0 Å². The minimum atomic E-state index is -3.65. The summed E-state index contributed by atoms with van der Waals surface area (Å²) in [5, 5.41) is 13.7. The highest BCUT2D eigenvalue weighted by molar-refractivity contribution is 7.93. The summed E-state index contributed by atoms with van der Waals surface area (Å²) >= 11 is 0. The molecule has 2 fully saturated rings. The van der Waals surface area contributed by atoms with E-state index in [0.717, 1.165) is 0 Å². The molecule has 116 valence electrons. The second-order valence-corrected chi connectivity index (χ2v) is 7.81. The zero-order valence-electron chi connectivity index (χ0n) is 11.8. The maximum Gasteiger partial charge on any atom is 0.238 e. The molecule has 2 saturated heterocycles. The molecule has 0 amide bonds. The Balaban J connectivity index is 2.13. The van der Waals surface area contributed by atoms with Crippen molar-refractivity contribution in [3.63, 3.8) is 0 Å². The van der Waals surface area contributed by atoms with Crippen LogP contribution in [0.3, 0.4) is 0 Å². The lowest BCUT2D eigenvalue weighted by Gasteiger charge is -2.45. The van der Waals surface area contributed by atoms with Crippen molar-refractivity contribution in [3.8, 4) is 0 Å². The molecule has 1 spiro atoms. The Morgan fingerprint density at radius 2 is 2.24 bits per heavy atom. The molecule has 0 saturated carbocycles. The molecular formula is C14H19FN2O3S. The molecule has 3 rings (SSSR count). The van der Waals surface area contributed by atoms with Gasteiger partial charge < -0.3 is 10.4 Å². The van der Waals surface area contributed by atoms with Crippen LogP contribution in [0.4, 0.5) is 10.1 Å². The van der Waals surface area contributed by atoms with Crippen molar-refractivity contribution < 1.29 is 17.9 Å². The van der Waals surface area contributed by atoms with Crippen molar-refractivity contribution in [2.75, 3.05) is 16.6 Å². The fourth-order valence-corrected chi connectivity index (χ4v) is 5.72. The van der Waals surface area contributed by atoms with Crippen molar-refractivity contribution in [1.82, 2.24) is 5.32 Å². The van der Waals surface area contributed by atoms with E-state index in [2.05, 4.69) is 5.32 Å². The lowest BCUT2D eigenvalue weighted by molar-refractivity contribution is 0.0854. The zero-order valence-corrected chi connectivity index (χ0v) is 12.6. The molecular weight excluding hydrogens is 295 g/mol.